The van der Waals surface area contributed by atoms with Crippen LogP contribution >= 0.6 is 11.6 Å². The van der Waals surface area contributed by atoms with Gasteiger partial charge in [-0.15, -0.1) is 5.06 Å². The second-order valence-corrected chi connectivity index (χ2v) is 11.1. The lowest BCUT2D eigenvalue weighted by Gasteiger charge is -2.39. The quantitative estimate of drug-likeness (QED) is 0.561. The van der Waals surface area contributed by atoms with E-state index < -0.39 is 39.0 Å². The molecule has 1 saturated heterocycles. The Morgan fingerprint density at radius 3 is 2.51 bits per heavy atom. The summed E-state index contributed by atoms with van der Waals surface area (Å²) in [6, 6.07) is 10.5. The van der Waals surface area contributed by atoms with Crippen molar-refractivity contribution in [1.29, 1.82) is 0 Å². The van der Waals surface area contributed by atoms with Gasteiger partial charge in [0.2, 0.25) is 15.9 Å². The van der Waals surface area contributed by atoms with Gasteiger partial charge in [-0.05, 0) is 54.2 Å². The molecule has 1 spiro atoms. The van der Waals surface area contributed by atoms with E-state index in [-0.39, 0.29) is 5.56 Å². The van der Waals surface area contributed by atoms with E-state index in [1.165, 1.54) is 30.5 Å². The number of hydroxylamine groups is 2. The summed E-state index contributed by atoms with van der Waals surface area (Å²) in [6.45, 7) is 0.909. The minimum Gasteiger partial charge on any atom is -0.414 e. The minimum atomic E-state index is -4.46. The maximum Gasteiger partial charge on any atom is 0.416 e. The van der Waals surface area contributed by atoms with Crippen LogP contribution in [0.1, 0.15) is 47.4 Å². The molecule has 4 rings (SSSR count). The van der Waals surface area contributed by atoms with Crippen molar-refractivity contribution in [3.05, 3.63) is 76.0 Å². The third kappa shape index (κ3) is 5.49. The highest BCUT2D eigenvalue weighted by Gasteiger charge is 2.49. The molecule has 0 aromatic heterocycles. The SMILES string of the molecule is CS(=O)(=O)NC(=O)C1CC2(CCN(O/C=C/c3ccccc3C(F)(F)F)CC2)c2c(Cl)cccc21. The van der Waals surface area contributed by atoms with E-state index in [1.54, 1.807) is 23.3 Å². The smallest absolute Gasteiger partial charge is 0.414 e. The van der Waals surface area contributed by atoms with Gasteiger partial charge in [0.25, 0.3) is 0 Å². The van der Waals surface area contributed by atoms with E-state index in [4.69, 9.17) is 16.4 Å². The normalized spacial score (nSPS) is 20.2. The number of rotatable bonds is 5. The first-order valence-electron chi connectivity index (χ1n) is 10.9. The van der Waals surface area contributed by atoms with Crippen molar-refractivity contribution in [2.24, 2.45) is 0 Å². The molecule has 1 N–H and O–H groups in total. The first-order chi connectivity index (χ1) is 16.4. The van der Waals surface area contributed by atoms with Crippen LogP contribution in [0.3, 0.4) is 0 Å². The zero-order valence-corrected chi connectivity index (χ0v) is 20.4. The monoisotopic (exact) mass is 528 g/mol. The van der Waals surface area contributed by atoms with Crippen LogP contribution in [0.2, 0.25) is 5.02 Å². The Labute approximate surface area is 206 Å². The number of fused-ring (bicyclic) bond motifs is 2. The van der Waals surface area contributed by atoms with E-state index in [0.717, 1.165) is 23.4 Å². The van der Waals surface area contributed by atoms with E-state index in [0.29, 0.717) is 37.4 Å². The first kappa shape index (κ1) is 25.5. The van der Waals surface area contributed by atoms with E-state index in [1.807, 2.05) is 0 Å². The molecule has 6 nitrogen and oxygen atoms in total. The van der Waals surface area contributed by atoms with Crippen molar-refractivity contribution in [3.8, 4) is 0 Å². The number of benzene rings is 2. The van der Waals surface area contributed by atoms with Crippen molar-refractivity contribution >= 4 is 33.6 Å². The highest BCUT2D eigenvalue weighted by atomic mass is 35.5. The molecule has 11 heteroatoms. The van der Waals surface area contributed by atoms with Crippen LogP contribution in [0.4, 0.5) is 13.2 Å². The fourth-order valence-electron chi connectivity index (χ4n) is 5.05. The van der Waals surface area contributed by atoms with Gasteiger partial charge in [-0.1, -0.05) is 41.9 Å². The fourth-order valence-corrected chi connectivity index (χ4v) is 5.94. The molecule has 0 bridgehead atoms. The van der Waals surface area contributed by atoms with Crippen molar-refractivity contribution < 1.29 is 31.2 Å². The van der Waals surface area contributed by atoms with E-state index in [2.05, 4.69) is 4.72 Å². The average Bonchev–Trinajstić information content (AvgIpc) is 3.09. The summed E-state index contributed by atoms with van der Waals surface area (Å²) in [4.78, 5) is 18.4. The molecule has 1 aliphatic carbocycles. The topological polar surface area (TPSA) is 75.7 Å². The van der Waals surface area contributed by atoms with Gasteiger partial charge in [-0.2, -0.15) is 13.2 Å². The molecule has 1 aliphatic heterocycles. The average molecular weight is 529 g/mol. The molecule has 1 unspecified atom stereocenters. The second-order valence-electron chi connectivity index (χ2n) is 8.90. The predicted molar refractivity (Wildman–Crippen MR) is 126 cm³/mol. The van der Waals surface area contributed by atoms with Crippen LogP contribution < -0.4 is 4.72 Å². The maximum atomic E-state index is 13.2. The number of halogens is 4. The van der Waals surface area contributed by atoms with Crippen molar-refractivity contribution in [1.82, 2.24) is 9.79 Å². The summed E-state index contributed by atoms with van der Waals surface area (Å²) < 4.78 is 64.8. The van der Waals surface area contributed by atoms with Crippen molar-refractivity contribution in [2.45, 2.75) is 36.8 Å². The Kier molecular flexibility index (Phi) is 6.91. The summed E-state index contributed by atoms with van der Waals surface area (Å²) in [7, 11) is -3.71. The van der Waals surface area contributed by atoms with Crippen LogP contribution in [0.15, 0.2) is 48.7 Å². The summed E-state index contributed by atoms with van der Waals surface area (Å²) in [6.07, 6.45) is 0.564. The number of nitrogens with zero attached hydrogens (tertiary/aromatic N) is 1. The van der Waals surface area contributed by atoms with Gasteiger partial charge in [-0.25, -0.2) is 8.42 Å². The lowest BCUT2D eigenvalue weighted by Crippen LogP contribution is -2.41. The molecule has 1 heterocycles. The Bertz CT molecular complexity index is 1260. The van der Waals surface area contributed by atoms with Gasteiger partial charge >= 0.3 is 6.18 Å². The number of hydrogen-bond acceptors (Lipinski definition) is 5. The van der Waals surface area contributed by atoms with Crippen LogP contribution in [0.25, 0.3) is 6.08 Å². The van der Waals surface area contributed by atoms with Crippen LogP contribution in [-0.4, -0.2) is 38.7 Å². The Hall–Kier alpha value is -2.56. The summed E-state index contributed by atoms with van der Waals surface area (Å²) in [5.41, 5.74) is 0.402. The third-order valence-corrected chi connectivity index (χ3v) is 7.44. The van der Waals surface area contributed by atoms with Crippen molar-refractivity contribution in [2.75, 3.05) is 19.3 Å². The number of carbonyl (C=O) groups is 1. The van der Waals surface area contributed by atoms with Gasteiger partial charge < -0.3 is 4.84 Å². The highest BCUT2D eigenvalue weighted by Crippen LogP contribution is 2.54. The summed E-state index contributed by atoms with van der Waals surface area (Å²) in [5, 5.41) is 2.17. The third-order valence-electron chi connectivity index (χ3n) is 6.55. The van der Waals surface area contributed by atoms with Gasteiger partial charge in [0, 0.05) is 23.5 Å². The molecule has 188 valence electrons. The summed E-state index contributed by atoms with van der Waals surface area (Å²) >= 11 is 6.54. The van der Waals surface area contributed by atoms with Crippen molar-refractivity contribution in [3.63, 3.8) is 0 Å². The van der Waals surface area contributed by atoms with E-state index >= 15 is 0 Å². The Morgan fingerprint density at radius 2 is 1.86 bits per heavy atom. The molecular formula is C24H24ClF3N2O4S. The van der Waals surface area contributed by atoms with Crippen LogP contribution in [-0.2, 0) is 31.2 Å². The molecule has 1 fully saturated rings. The number of amides is 1. The molecule has 2 aromatic carbocycles. The summed E-state index contributed by atoms with van der Waals surface area (Å²) in [5.74, 6) is -1.23. The fraction of sp³-hybridized carbons (Fsp3) is 0.375. The highest BCUT2D eigenvalue weighted by molar-refractivity contribution is 7.89. The number of hydrogen-bond donors (Lipinski definition) is 1. The minimum absolute atomic E-state index is 0.00436. The zero-order valence-electron chi connectivity index (χ0n) is 18.8. The maximum absolute atomic E-state index is 13.2. The molecule has 2 aliphatic rings. The lowest BCUT2D eigenvalue weighted by atomic mass is 9.73. The Morgan fingerprint density at radius 1 is 1.17 bits per heavy atom. The predicted octanol–water partition coefficient (Wildman–Crippen LogP) is 4.86. The van der Waals surface area contributed by atoms with E-state index in [9.17, 15) is 26.4 Å². The number of alkyl halides is 3. The van der Waals surface area contributed by atoms with Gasteiger partial charge in [-0.3, -0.25) is 9.52 Å². The standard InChI is InChI=1S/C24H24ClF3N2O4S/c1-35(32,33)29-22(31)18-15-23(21-17(18)6-4-8-20(21)25)10-12-30(13-11-23)34-14-9-16-5-2-3-7-19(16)24(26,27)28/h2-9,14,18H,10-13,15H2,1H3,(H,29,31)/b14-9+. The first-order valence-corrected chi connectivity index (χ1v) is 13.2. The number of piperidine rings is 1. The molecule has 1 atom stereocenters. The largest absolute Gasteiger partial charge is 0.416 e. The molecular weight excluding hydrogens is 505 g/mol. The Balaban J connectivity index is 1.47. The molecule has 2 aromatic rings. The van der Waals surface area contributed by atoms with Gasteiger partial charge in [0.1, 0.15) is 6.26 Å². The second kappa shape index (κ2) is 9.48. The van der Waals surface area contributed by atoms with Crippen LogP contribution in [0, 0.1) is 0 Å². The molecule has 1 amide bonds. The molecule has 0 radical (unpaired) electrons. The zero-order chi connectivity index (χ0) is 25.4. The number of sulfonamides is 1. The molecule has 0 saturated carbocycles. The van der Waals surface area contributed by atoms with Crippen LogP contribution in [0.5, 0.6) is 0 Å². The van der Waals surface area contributed by atoms with Gasteiger partial charge in [0.05, 0.1) is 17.7 Å². The number of carbonyl (C=O) groups excluding carboxylic acids is 1. The molecule has 35 heavy (non-hydrogen) atoms. The van der Waals surface area contributed by atoms with Gasteiger partial charge in [0.15, 0.2) is 0 Å². The lowest BCUT2D eigenvalue weighted by molar-refractivity contribution is -0.137. The number of nitrogens with one attached hydrogen (secondary N) is 1.